The van der Waals surface area contributed by atoms with Gasteiger partial charge in [0.15, 0.2) is 0 Å². The van der Waals surface area contributed by atoms with E-state index in [9.17, 15) is 0 Å². The van der Waals surface area contributed by atoms with Gasteiger partial charge in [0.1, 0.15) is 0 Å². The summed E-state index contributed by atoms with van der Waals surface area (Å²) in [7, 11) is 4.40. The van der Waals surface area contributed by atoms with E-state index >= 15 is 0 Å². The fraction of sp³-hybridized carbons (Fsp3) is 1.00. The van der Waals surface area contributed by atoms with Crippen LogP contribution in [0.1, 0.15) is 40.0 Å². The molecule has 0 heterocycles. The molecule has 72 valence electrons. The largest absolute Gasteiger partial charge is 0.306 e. The highest BCUT2D eigenvalue weighted by Gasteiger charge is 2.45. The Hall–Kier alpha value is -0.0400. The molecule has 0 N–H and O–H groups in total. The molecule has 0 amide bonds. The predicted molar refractivity (Wildman–Crippen MR) is 54.3 cm³/mol. The molecule has 1 heteroatoms. The normalized spacial score (nSPS) is 35.8. The number of hydrogen-bond acceptors (Lipinski definition) is 1. The minimum absolute atomic E-state index is 0.676. The Bertz CT molecular complexity index is 143. The molecule has 0 bridgehead atoms. The van der Waals surface area contributed by atoms with Gasteiger partial charge in [-0.2, -0.15) is 0 Å². The Balaban J connectivity index is 2.46. The monoisotopic (exact) mass is 169 g/mol. The fourth-order valence-electron chi connectivity index (χ4n) is 2.41. The van der Waals surface area contributed by atoms with Crippen LogP contribution in [0.25, 0.3) is 0 Å². The summed E-state index contributed by atoms with van der Waals surface area (Å²) in [6, 6.07) is 0.854. The average Bonchev–Trinajstić information content (AvgIpc) is 1.84. The molecule has 12 heavy (non-hydrogen) atoms. The molecule has 0 saturated heterocycles. The first-order valence-electron chi connectivity index (χ1n) is 5.18. The Morgan fingerprint density at radius 2 is 1.83 bits per heavy atom. The summed E-state index contributed by atoms with van der Waals surface area (Å²) in [5, 5.41) is 0. The molecule has 1 fully saturated rings. The van der Waals surface area contributed by atoms with Gasteiger partial charge in [-0.25, -0.2) is 0 Å². The lowest BCUT2D eigenvalue weighted by Crippen LogP contribution is -2.50. The van der Waals surface area contributed by atoms with Crippen molar-refractivity contribution < 1.29 is 0 Å². The van der Waals surface area contributed by atoms with E-state index in [-0.39, 0.29) is 0 Å². The van der Waals surface area contributed by atoms with E-state index in [1.165, 1.54) is 19.3 Å². The van der Waals surface area contributed by atoms with Crippen molar-refractivity contribution in [3.05, 3.63) is 0 Å². The number of nitrogens with zero attached hydrogens (tertiary/aromatic N) is 1. The van der Waals surface area contributed by atoms with Gasteiger partial charge in [0, 0.05) is 6.04 Å². The Kier molecular flexibility index (Phi) is 2.82. The van der Waals surface area contributed by atoms with Gasteiger partial charge < -0.3 is 4.90 Å². The van der Waals surface area contributed by atoms with E-state index in [1.807, 2.05) is 0 Å². The first kappa shape index (κ1) is 10.0. The van der Waals surface area contributed by atoms with E-state index in [1.54, 1.807) is 0 Å². The molecule has 0 unspecified atom stereocenters. The molecular weight excluding hydrogens is 146 g/mol. The van der Waals surface area contributed by atoms with Crippen LogP contribution in [0.2, 0.25) is 0 Å². The van der Waals surface area contributed by atoms with Crippen molar-refractivity contribution in [2.24, 2.45) is 11.3 Å². The van der Waals surface area contributed by atoms with Crippen molar-refractivity contribution in [1.29, 1.82) is 0 Å². The number of rotatable bonds is 3. The van der Waals surface area contributed by atoms with Gasteiger partial charge in [0.2, 0.25) is 0 Å². The molecule has 1 rings (SSSR count). The molecular formula is C11H23N. The molecule has 0 aliphatic heterocycles. The van der Waals surface area contributed by atoms with E-state index in [0.717, 1.165) is 12.0 Å². The molecule has 0 atom stereocenters. The van der Waals surface area contributed by atoms with Gasteiger partial charge in [0.25, 0.3) is 0 Å². The maximum Gasteiger partial charge on any atom is 0.00999 e. The first-order chi connectivity index (χ1) is 5.52. The Morgan fingerprint density at radius 3 is 2.08 bits per heavy atom. The van der Waals surface area contributed by atoms with Crippen molar-refractivity contribution in [2.75, 3.05) is 14.1 Å². The van der Waals surface area contributed by atoms with Gasteiger partial charge in [-0.3, -0.25) is 0 Å². The van der Waals surface area contributed by atoms with E-state index in [4.69, 9.17) is 0 Å². The van der Waals surface area contributed by atoms with Crippen molar-refractivity contribution in [3.63, 3.8) is 0 Å². The van der Waals surface area contributed by atoms with Crippen molar-refractivity contribution in [1.82, 2.24) is 4.90 Å². The molecule has 1 aliphatic rings. The highest BCUT2D eigenvalue weighted by Crippen LogP contribution is 2.50. The van der Waals surface area contributed by atoms with Crippen LogP contribution in [0.4, 0.5) is 0 Å². The Morgan fingerprint density at radius 1 is 1.33 bits per heavy atom. The van der Waals surface area contributed by atoms with Gasteiger partial charge in [-0.05, 0) is 38.3 Å². The maximum atomic E-state index is 2.37. The van der Waals surface area contributed by atoms with Crippen LogP contribution < -0.4 is 0 Å². The highest BCUT2D eigenvalue weighted by atomic mass is 15.1. The van der Waals surface area contributed by atoms with Crippen LogP contribution in [-0.2, 0) is 0 Å². The van der Waals surface area contributed by atoms with Crippen LogP contribution in [0.3, 0.4) is 0 Å². The molecule has 0 spiro atoms. The van der Waals surface area contributed by atoms with Crippen LogP contribution in [0, 0.1) is 11.3 Å². The van der Waals surface area contributed by atoms with E-state index in [0.29, 0.717) is 5.41 Å². The van der Waals surface area contributed by atoms with Crippen LogP contribution in [-0.4, -0.2) is 25.0 Å². The standard InChI is InChI=1S/C11H23N/c1-6-11(9(2)3)7-10(8-11)12(4)5/h9-10H,6-8H2,1-5H3/t10-,11-. The first-order valence-corrected chi connectivity index (χ1v) is 5.18. The van der Waals surface area contributed by atoms with Gasteiger partial charge in [-0.15, -0.1) is 0 Å². The number of hydrogen-bond donors (Lipinski definition) is 0. The van der Waals surface area contributed by atoms with Crippen molar-refractivity contribution in [2.45, 2.75) is 46.1 Å². The predicted octanol–water partition coefficient (Wildman–Crippen LogP) is 2.76. The minimum atomic E-state index is 0.676. The zero-order chi connectivity index (χ0) is 9.35. The summed E-state index contributed by atoms with van der Waals surface area (Å²) in [5.74, 6) is 0.860. The molecule has 1 nitrogen and oxygen atoms in total. The second-order valence-electron chi connectivity index (χ2n) is 4.90. The van der Waals surface area contributed by atoms with Gasteiger partial charge >= 0.3 is 0 Å². The fourth-order valence-corrected chi connectivity index (χ4v) is 2.41. The summed E-state index contributed by atoms with van der Waals surface area (Å²) >= 11 is 0. The second kappa shape index (κ2) is 3.37. The zero-order valence-corrected chi connectivity index (χ0v) is 9.22. The molecule has 0 aromatic heterocycles. The van der Waals surface area contributed by atoms with Gasteiger partial charge in [-0.1, -0.05) is 27.2 Å². The third kappa shape index (κ3) is 1.52. The summed E-state index contributed by atoms with van der Waals surface area (Å²) in [4.78, 5) is 2.37. The third-order valence-electron chi connectivity index (χ3n) is 3.94. The van der Waals surface area contributed by atoms with Crippen molar-refractivity contribution >= 4 is 0 Å². The van der Waals surface area contributed by atoms with Gasteiger partial charge in [0.05, 0.1) is 0 Å². The van der Waals surface area contributed by atoms with Crippen molar-refractivity contribution in [3.8, 4) is 0 Å². The highest BCUT2D eigenvalue weighted by molar-refractivity contribution is 4.98. The maximum absolute atomic E-state index is 2.37. The zero-order valence-electron chi connectivity index (χ0n) is 9.22. The average molecular weight is 169 g/mol. The smallest absolute Gasteiger partial charge is 0.00999 e. The molecule has 1 saturated carbocycles. The van der Waals surface area contributed by atoms with E-state index < -0.39 is 0 Å². The summed E-state index contributed by atoms with van der Waals surface area (Å²) < 4.78 is 0. The molecule has 0 radical (unpaired) electrons. The van der Waals surface area contributed by atoms with E-state index in [2.05, 4.69) is 39.8 Å². The summed E-state index contributed by atoms with van der Waals surface area (Å²) in [6.07, 6.45) is 4.18. The quantitative estimate of drug-likeness (QED) is 0.628. The lowest BCUT2D eigenvalue weighted by atomic mass is 9.58. The lowest BCUT2D eigenvalue weighted by Gasteiger charge is -2.53. The SMILES string of the molecule is CC[C@]1(C(C)C)C[C@H](N(C)C)C1. The Labute approximate surface area is 77.1 Å². The topological polar surface area (TPSA) is 3.24 Å². The minimum Gasteiger partial charge on any atom is -0.306 e. The lowest BCUT2D eigenvalue weighted by molar-refractivity contribution is -0.0170. The molecule has 0 aromatic carbocycles. The molecule has 1 aliphatic carbocycles. The molecule has 0 aromatic rings. The summed E-state index contributed by atoms with van der Waals surface area (Å²) in [6.45, 7) is 7.08. The van der Waals surface area contributed by atoms with Crippen LogP contribution in [0.15, 0.2) is 0 Å². The summed E-state index contributed by atoms with van der Waals surface area (Å²) in [5.41, 5.74) is 0.676. The second-order valence-corrected chi connectivity index (χ2v) is 4.90. The third-order valence-corrected chi connectivity index (χ3v) is 3.94. The van der Waals surface area contributed by atoms with Crippen LogP contribution in [0.5, 0.6) is 0 Å². The van der Waals surface area contributed by atoms with Crippen LogP contribution >= 0.6 is 0 Å².